The smallest absolute Gasteiger partial charge is 0.327 e. The summed E-state index contributed by atoms with van der Waals surface area (Å²) in [6.45, 7) is 0.209. The maximum atomic E-state index is 12.7. The van der Waals surface area contributed by atoms with Crippen molar-refractivity contribution in [2.24, 2.45) is 0 Å². The number of carbonyl (C=O) groups excluding carboxylic acids is 1. The van der Waals surface area contributed by atoms with E-state index in [0.717, 1.165) is 11.3 Å². The predicted octanol–water partition coefficient (Wildman–Crippen LogP) is 2.62. The Balaban J connectivity index is 2.34. The third-order valence-electron chi connectivity index (χ3n) is 4.14. The van der Waals surface area contributed by atoms with Gasteiger partial charge >= 0.3 is 5.69 Å². The van der Waals surface area contributed by atoms with E-state index in [1.165, 1.54) is 27.4 Å². The highest BCUT2D eigenvalue weighted by atomic mass is 16.6. The van der Waals surface area contributed by atoms with Crippen molar-refractivity contribution in [3.63, 3.8) is 0 Å². The standard InChI is InChI=1S/C19H23N3O6/c1-21(2)13-8-6-12(7-9-13)11-20-19(23)14-10-15(26-3)17(27-4)18(28-5)16(14)22(24)25/h6-10H,11H2,1-5H3,(H,20,23). The van der Waals surface area contributed by atoms with Crippen LogP contribution in [0.1, 0.15) is 15.9 Å². The molecule has 2 rings (SSSR count). The number of nitrogens with one attached hydrogen (secondary N) is 1. The highest BCUT2D eigenvalue weighted by Crippen LogP contribution is 2.46. The number of hydrogen-bond acceptors (Lipinski definition) is 7. The molecule has 0 radical (unpaired) electrons. The molecule has 150 valence electrons. The highest BCUT2D eigenvalue weighted by molar-refractivity contribution is 6.00. The Morgan fingerprint density at radius 1 is 1.07 bits per heavy atom. The van der Waals surface area contributed by atoms with Crippen LogP contribution in [0.15, 0.2) is 30.3 Å². The Labute approximate surface area is 163 Å². The minimum Gasteiger partial charge on any atom is -0.493 e. The molecule has 0 heterocycles. The molecule has 1 amide bonds. The average molecular weight is 389 g/mol. The number of nitrogens with zero attached hydrogens (tertiary/aromatic N) is 2. The van der Waals surface area contributed by atoms with E-state index in [0.29, 0.717) is 0 Å². The largest absolute Gasteiger partial charge is 0.493 e. The summed E-state index contributed by atoms with van der Waals surface area (Å²) in [6.07, 6.45) is 0. The zero-order chi connectivity index (χ0) is 20.8. The van der Waals surface area contributed by atoms with Gasteiger partial charge in [-0.15, -0.1) is 0 Å². The summed E-state index contributed by atoms with van der Waals surface area (Å²) in [4.78, 5) is 25.6. The second-order valence-electron chi connectivity index (χ2n) is 6.04. The molecular weight excluding hydrogens is 366 g/mol. The Hall–Kier alpha value is -3.49. The van der Waals surface area contributed by atoms with E-state index in [-0.39, 0.29) is 29.4 Å². The van der Waals surface area contributed by atoms with Gasteiger partial charge in [-0.3, -0.25) is 14.9 Å². The number of nitro groups is 1. The zero-order valence-electron chi connectivity index (χ0n) is 16.4. The van der Waals surface area contributed by atoms with Crippen molar-refractivity contribution >= 4 is 17.3 Å². The van der Waals surface area contributed by atoms with Gasteiger partial charge < -0.3 is 24.4 Å². The number of anilines is 1. The second-order valence-corrected chi connectivity index (χ2v) is 6.04. The van der Waals surface area contributed by atoms with E-state index >= 15 is 0 Å². The van der Waals surface area contributed by atoms with Gasteiger partial charge in [0.1, 0.15) is 5.56 Å². The maximum absolute atomic E-state index is 12.7. The summed E-state index contributed by atoms with van der Waals surface area (Å²) >= 11 is 0. The number of nitro benzene ring substituents is 1. The molecule has 0 saturated heterocycles. The fraction of sp³-hybridized carbons (Fsp3) is 0.316. The monoisotopic (exact) mass is 389 g/mol. The number of ether oxygens (including phenoxy) is 3. The Morgan fingerprint density at radius 3 is 2.14 bits per heavy atom. The van der Waals surface area contributed by atoms with Gasteiger partial charge in [0, 0.05) is 32.4 Å². The van der Waals surface area contributed by atoms with Crippen LogP contribution in [-0.4, -0.2) is 46.3 Å². The van der Waals surface area contributed by atoms with Crippen LogP contribution in [-0.2, 0) is 6.54 Å². The lowest BCUT2D eigenvalue weighted by Crippen LogP contribution is -2.24. The molecule has 0 aromatic heterocycles. The zero-order valence-corrected chi connectivity index (χ0v) is 16.4. The van der Waals surface area contributed by atoms with Crippen LogP contribution in [0.5, 0.6) is 17.2 Å². The lowest BCUT2D eigenvalue weighted by atomic mass is 10.1. The molecule has 9 heteroatoms. The van der Waals surface area contributed by atoms with Crippen LogP contribution in [0.25, 0.3) is 0 Å². The first-order valence-corrected chi connectivity index (χ1v) is 8.35. The van der Waals surface area contributed by atoms with Gasteiger partial charge in [0.15, 0.2) is 5.75 Å². The number of amides is 1. The fourth-order valence-electron chi connectivity index (χ4n) is 2.68. The van der Waals surface area contributed by atoms with Gasteiger partial charge in [0.05, 0.1) is 26.3 Å². The fourth-order valence-corrected chi connectivity index (χ4v) is 2.68. The summed E-state index contributed by atoms with van der Waals surface area (Å²) in [5.41, 5.74) is 1.22. The first kappa shape index (κ1) is 20.8. The van der Waals surface area contributed by atoms with E-state index in [4.69, 9.17) is 14.2 Å². The number of benzene rings is 2. The van der Waals surface area contributed by atoms with Crippen molar-refractivity contribution in [1.82, 2.24) is 5.32 Å². The normalized spacial score (nSPS) is 10.2. The van der Waals surface area contributed by atoms with Crippen LogP contribution in [0.2, 0.25) is 0 Å². The minimum atomic E-state index is -0.679. The second kappa shape index (κ2) is 8.94. The van der Waals surface area contributed by atoms with Gasteiger partial charge in [0.2, 0.25) is 11.5 Å². The molecule has 1 N–H and O–H groups in total. The molecule has 0 bridgehead atoms. The van der Waals surface area contributed by atoms with E-state index in [1.807, 2.05) is 43.3 Å². The summed E-state index contributed by atoms with van der Waals surface area (Å²) in [6, 6.07) is 8.86. The molecule has 0 fully saturated rings. The predicted molar refractivity (Wildman–Crippen MR) is 105 cm³/mol. The lowest BCUT2D eigenvalue weighted by molar-refractivity contribution is -0.386. The van der Waals surface area contributed by atoms with E-state index in [9.17, 15) is 14.9 Å². The van der Waals surface area contributed by atoms with Crippen LogP contribution >= 0.6 is 0 Å². The minimum absolute atomic E-state index is 0.0486. The van der Waals surface area contributed by atoms with Gasteiger partial charge in [-0.1, -0.05) is 12.1 Å². The topological polar surface area (TPSA) is 103 Å². The molecule has 0 atom stereocenters. The van der Waals surface area contributed by atoms with E-state index < -0.39 is 16.5 Å². The number of hydrogen-bond donors (Lipinski definition) is 1. The van der Waals surface area contributed by atoms with Crippen molar-refractivity contribution in [1.29, 1.82) is 0 Å². The van der Waals surface area contributed by atoms with Crippen LogP contribution in [0.4, 0.5) is 11.4 Å². The third kappa shape index (κ3) is 4.25. The molecule has 9 nitrogen and oxygen atoms in total. The number of carbonyl (C=O) groups is 1. The molecule has 2 aromatic carbocycles. The van der Waals surface area contributed by atoms with Crippen molar-refractivity contribution in [2.75, 3.05) is 40.3 Å². The maximum Gasteiger partial charge on any atom is 0.327 e. The summed E-state index contributed by atoms with van der Waals surface area (Å²) in [5.74, 6) is -0.590. The van der Waals surface area contributed by atoms with Crippen LogP contribution < -0.4 is 24.4 Å². The highest BCUT2D eigenvalue weighted by Gasteiger charge is 2.32. The Morgan fingerprint density at radius 2 is 1.68 bits per heavy atom. The third-order valence-corrected chi connectivity index (χ3v) is 4.14. The van der Waals surface area contributed by atoms with Crippen molar-refractivity contribution in [3.05, 3.63) is 51.6 Å². The van der Waals surface area contributed by atoms with Gasteiger partial charge in [-0.2, -0.15) is 0 Å². The quantitative estimate of drug-likeness (QED) is 0.547. The van der Waals surface area contributed by atoms with Crippen molar-refractivity contribution < 1.29 is 23.9 Å². The Bertz CT molecular complexity index is 865. The lowest BCUT2D eigenvalue weighted by Gasteiger charge is -2.15. The number of rotatable bonds is 8. The molecule has 0 spiro atoms. The molecule has 0 unspecified atom stereocenters. The van der Waals surface area contributed by atoms with E-state index in [1.54, 1.807) is 0 Å². The molecule has 0 saturated carbocycles. The first-order valence-electron chi connectivity index (χ1n) is 8.35. The summed E-state index contributed by atoms with van der Waals surface area (Å²) < 4.78 is 15.5. The van der Waals surface area contributed by atoms with Crippen LogP contribution in [0.3, 0.4) is 0 Å². The van der Waals surface area contributed by atoms with Gasteiger partial charge in [0.25, 0.3) is 5.91 Å². The molecule has 0 aliphatic rings. The Kier molecular flexibility index (Phi) is 6.64. The van der Waals surface area contributed by atoms with Gasteiger partial charge in [-0.25, -0.2) is 0 Å². The van der Waals surface area contributed by atoms with Crippen molar-refractivity contribution in [2.45, 2.75) is 6.54 Å². The molecule has 28 heavy (non-hydrogen) atoms. The number of methoxy groups -OCH3 is 3. The first-order chi connectivity index (χ1) is 13.3. The molecular formula is C19H23N3O6. The molecule has 0 aliphatic heterocycles. The SMILES string of the molecule is COc1cc(C(=O)NCc2ccc(N(C)C)cc2)c([N+](=O)[O-])c(OC)c1OC. The molecule has 0 aliphatic carbocycles. The summed E-state index contributed by atoms with van der Waals surface area (Å²) in [7, 11) is 7.83. The molecule has 2 aromatic rings. The van der Waals surface area contributed by atoms with E-state index in [2.05, 4.69) is 5.32 Å². The van der Waals surface area contributed by atoms with Crippen LogP contribution in [0, 0.1) is 10.1 Å². The summed E-state index contributed by atoms with van der Waals surface area (Å²) in [5, 5.41) is 14.3. The van der Waals surface area contributed by atoms with Gasteiger partial charge in [-0.05, 0) is 17.7 Å². The van der Waals surface area contributed by atoms with Crippen molar-refractivity contribution in [3.8, 4) is 17.2 Å². The average Bonchev–Trinajstić information content (AvgIpc) is 2.70.